The van der Waals surface area contributed by atoms with Gasteiger partial charge in [0.1, 0.15) is 34.6 Å². The molecule has 1 heterocycles. The van der Waals surface area contributed by atoms with Crippen LogP contribution in [0.5, 0.6) is 23.0 Å². The smallest absolute Gasteiger partial charge is 0.343 e. The van der Waals surface area contributed by atoms with E-state index in [2.05, 4.69) is 6.07 Å². The lowest BCUT2D eigenvalue weighted by Gasteiger charge is -2.26. The van der Waals surface area contributed by atoms with Gasteiger partial charge in [0.2, 0.25) is 5.88 Å². The van der Waals surface area contributed by atoms with Crippen LogP contribution in [0.4, 0.5) is 0 Å². The fourth-order valence-electron chi connectivity index (χ4n) is 3.75. The van der Waals surface area contributed by atoms with Crippen LogP contribution in [-0.4, -0.2) is 19.2 Å². The van der Waals surface area contributed by atoms with Crippen molar-refractivity contribution in [2.45, 2.75) is 25.9 Å². The first-order valence-corrected chi connectivity index (χ1v) is 10.7. The Morgan fingerprint density at radius 1 is 1.00 bits per heavy atom. The SMILES string of the molecule is COc1ccc(C2C(C#N)=C(N)Oc3cc(OC(=O)c4ccc(OC(C)C)cc4)ccc32)cc1. The van der Waals surface area contributed by atoms with E-state index in [9.17, 15) is 10.1 Å². The summed E-state index contributed by atoms with van der Waals surface area (Å²) >= 11 is 0. The van der Waals surface area contributed by atoms with Crippen molar-refractivity contribution in [3.05, 3.63) is 94.9 Å². The maximum absolute atomic E-state index is 12.6. The van der Waals surface area contributed by atoms with E-state index in [0.717, 1.165) is 11.1 Å². The average Bonchev–Trinajstić information content (AvgIpc) is 2.83. The summed E-state index contributed by atoms with van der Waals surface area (Å²) < 4.78 is 22.1. The van der Waals surface area contributed by atoms with Crippen LogP contribution in [0.25, 0.3) is 0 Å². The third kappa shape index (κ3) is 4.66. The minimum Gasteiger partial charge on any atom is -0.497 e. The number of nitriles is 1. The summed E-state index contributed by atoms with van der Waals surface area (Å²) in [7, 11) is 1.59. The normalized spacial score (nSPS) is 14.6. The Labute approximate surface area is 197 Å². The lowest BCUT2D eigenvalue weighted by Crippen LogP contribution is -2.21. The standard InChI is InChI=1S/C27H24N2O5/c1-16(2)32-20-10-6-18(7-11-20)27(30)33-21-12-13-22-24(14-21)34-26(29)23(15-28)25(22)17-4-8-19(31-3)9-5-17/h4-14,16,25H,29H2,1-3H3. The largest absolute Gasteiger partial charge is 0.497 e. The molecule has 0 bridgehead atoms. The maximum atomic E-state index is 12.6. The monoisotopic (exact) mass is 456 g/mol. The van der Waals surface area contributed by atoms with E-state index >= 15 is 0 Å². The number of fused-ring (bicyclic) bond motifs is 1. The van der Waals surface area contributed by atoms with Crippen molar-refractivity contribution in [2.75, 3.05) is 7.11 Å². The van der Waals surface area contributed by atoms with Gasteiger partial charge in [-0.05, 0) is 61.9 Å². The van der Waals surface area contributed by atoms with Gasteiger partial charge in [0, 0.05) is 11.6 Å². The van der Waals surface area contributed by atoms with Gasteiger partial charge in [0.15, 0.2) is 0 Å². The Bertz CT molecular complexity index is 1270. The molecule has 0 aliphatic carbocycles. The molecule has 0 saturated carbocycles. The van der Waals surface area contributed by atoms with Gasteiger partial charge in [0.05, 0.1) is 24.7 Å². The van der Waals surface area contributed by atoms with Gasteiger partial charge in [-0.2, -0.15) is 5.26 Å². The molecule has 0 amide bonds. The molecule has 0 saturated heterocycles. The highest BCUT2D eigenvalue weighted by molar-refractivity contribution is 5.91. The number of rotatable bonds is 6. The molecule has 3 aromatic rings. The predicted molar refractivity (Wildman–Crippen MR) is 126 cm³/mol. The second kappa shape index (κ2) is 9.59. The molecule has 0 radical (unpaired) electrons. The maximum Gasteiger partial charge on any atom is 0.343 e. The number of nitrogens with zero attached hydrogens (tertiary/aromatic N) is 1. The molecule has 1 unspecified atom stereocenters. The fourth-order valence-corrected chi connectivity index (χ4v) is 3.75. The number of ether oxygens (including phenoxy) is 4. The zero-order valence-corrected chi connectivity index (χ0v) is 19.1. The first-order chi connectivity index (χ1) is 16.4. The molecule has 34 heavy (non-hydrogen) atoms. The summed E-state index contributed by atoms with van der Waals surface area (Å²) in [6, 6.07) is 21.3. The molecule has 1 aliphatic heterocycles. The molecular weight excluding hydrogens is 432 g/mol. The fraction of sp³-hybridized carbons (Fsp3) is 0.185. The number of hydrogen-bond acceptors (Lipinski definition) is 7. The highest BCUT2D eigenvalue weighted by Crippen LogP contribution is 2.43. The highest BCUT2D eigenvalue weighted by Gasteiger charge is 2.31. The van der Waals surface area contributed by atoms with Crippen LogP contribution >= 0.6 is 0 Å². The van der Waals surface area contributed by atoms with Crippen LogP contribution in [-0.2, 0) is 0 Å². The van der Waals surface area contributed by atoms with E-state index in [-0.39, 0.29) is 12.0 Å². The van der Waals surface area contributed by atoms with Crippen LogP contribution in [0.1, 0.15) is 41.3 Å². The molecule has 0 fully saturated rings. The van der Waals surface area contributed by atoms with Gasteiger partial charge in [-0.15, -0.1) is 0 Å². The number of benzene rings is 3. The molecule has 2 N–H and O–H groups in total. The van der Waals surface area contributed by atoms with Crippen molar-refractivity contribution in [3.63, 3.8) is 0 Å². The van der Waals surface area contributed by atoms with Gasteiger partial charge in [0.25, 0.3) is 0 Å². The van der Waals surface area contributed by atoms with Crippen molar-refractivity contribution in [3.8, 4) is 29.1 Å². The molecule has 7 nitrogen and oxygen atoms in total. The van der Waals surface area contributed by atoms with Crippen molar-refractivity contribution in [2.24, 2.45) is 5.73 Å². The van der Waals surface area contributed by atoms with E-state index < -0.39 is 11.9 Å². The second-order valence-electron chi connectivity index (χ2n) is 7.98. The number of carbonyl (C=O) groups is 1. The molecule has 1 atom stereocenters. The quantitative estimate of drug-likeness (QED) is 0.415. The third-order valence-electron chi connectivity index (χ3n) is 5.31. The van der Waals surface area contributed by atoms with E-state index in [1.54, 1.807) is 49.6 Å². The summed E-state index contributed by atoms with van der Waals surface area (Å²) in [6.07, 6.45) is 0.0399. The summed E-state index contributed by atoms with van der Waals surface area (Å²) in [5, 5.41) is 9.72. The van der Waals surface area contributed by atoms with Crippen LogP contribution in [0, 0.1) is 11.3 Å². The highest BCUT2D eigenvalue weighted by atomic mass is 16.5. The van der Waals surface area contributed by atoms with Crippen LogP contribution in [0.2, 0.25) is 0 Å². The Balaban J connectivity index is 1.59. The number of methoxy groups -OCH3 is 1. The van der Waals surface area contributed by atoms with Crippen molar-refractivity contribution in [1.29, 1.82) is 5.26 Å². The Hall–Kier alpha value is -4.44. The summed E-state index contributed by atoms with van der Waals surface area (Å²) in [5.74, 6) is 1.18. The van der Waals surface area contributed by atoms with Gasteiger partial charge >= 0.3 is 5.97 Å². The third-order valence-corrected chi connectivity index (χ3v) is 5.31. The number of hydrogen-bond donors (Lipinski definition) is 1. The van der Waals surface area contributed by atoms with E-state index in [4.69, 9.17) is 24.7 Å². The molecule has 172 valence electrons. The summed E-state index contributed by atoms with van der Waals surface area (Å²) in [4.78, 5) is 12.6. The van der Waals surface area contributed by atoms with Gasteiger partial charge in [-0.25, -0.2) is 4.79 Å². The molecule has 0 aromatic heterocycles. The van der Waals surface area contributed by atoms with Crippen LogP contribution in [0.3, 0.4) is 0 Å². The average molecular weight is 456 g/mol. The second-order valence-corrected chi connectivity index (χ2v) is 7.98. The number of nitrogens with two attached hydrogens (primary N) is 1. The summed E-state index contributed by atoms with van der Waals surface area (Å²) in [6.45, 7) is 3.86. The molecule has 3 aromatic carbocycles. The summed E-state index contributed by atoms with van der Waals surface area (Å²) in [5.41, 5.74) is 8.37. The van der Waals surface area contributed by atoms with Crippen LogP contribution < -0.4 is 24.7 Å². The minimum atomic E-state index is -0.514. The van der Waals surface area contributed by atoms with E-state index in [1.165, 1.54) is 0 Å². The lowest BCUT2D eigenvalue weighted by molar-refractivity contribution is 0.0734. The Morgan fingerprint density at radius 3 is 2.26 bits per heavy atom. The van der Waals surface area contributed by atoms with Crippen molar-refractivity contribution >= 4 is 5.97 Å². The minimum absolute atomic E-state index is 0.0139. The molecule has 4 rings (SSSR count). The number of esters is 1. The zero-order valence-electron chi connectivity index (χ0n) is 19.1. The Kier molecular flexibility index (Phi) is 6.42. The predicted octanol–water partition coefficient (Wildman–Crippen LogP) is 4.92. The van der Waals surface area contributed by atoms with Gasteiger partial charge < -0.3 is 24.7 Å². The number of carbonyl (C=O) groups excluding carboxylic acids is 1. The number of allylic oxidation sites excluding steroid dienone is 1. The van der Waals surface area contributed by atoms with E-state index in [1.807, 2.05) is 38.1 Å². The van der Waals surface area contributed by atoms with Gasteiger partial charge in [-0.1, -0.05) is 18.2 Å². The van der Waals surface area contributed by atoms with Crippen LogP contribution in [0.15, 0.2) is 78.2 Å². The zero-order chi connectivity index (χ0) is 24.2. The topological polar surface area (TPSA) is 104 Å². The van der Waals surface area contributed by atoms with Crippen molar-refractivity contribution < 1.29 is 23.7 Å². The molecule has 0 spiro atoms. The van der Waals surface area contributed by atoms with Crippen molar-refractivity contribution in [1.82, 2.24) is 0 Å². The van der Waals surface area contributed by atoms with Gasteiger partial charge in [-0.3, -0.25) is 0 Å². The first-order valence-electron chi connectivity index (χ1n) is 10.7. The molecular formula is C27H24N2O5. The first kappa shape index (κ1) is 22.7. The molecule has 1 aliphatic rings. The Morgan fingerprint density at radius 2 is 1.65 bits per heavy atom. The van der Waals surface area contributed by atoms with E-state index in [0.29, 0.717) is 34.1 Å². The molecule has 7 heteroatoms. The lowest BCUT2D eigenvalue weighted by atomic mass is 9.83.